The second-order valence-corrected chi connectivity index (χ2v) is 1.85. The third-order valence-corrected chi connectivity index (χ3v) is 1.05. The van der Waals surface area contributed by atoms with Crippen molar-refractivity contribution in [3.8, 4) is 0 Å². The lowest BCUT2D eigenvalue weighted by Gasteiger charge is -1.39. The van der Waals surface area contributed by atoms with Crippen molar-refractivity contribution in [2.75, 3.05) is 0 Å². The first-order chi connectivity index (χ1) is 4.91. The summed E-state index contributed by atoms with van der Waals surface area (Å²) in [4.78, 5) is 8.81. The molecule has 11 heavy (non-hydrogen) atoms. The molecule has 0 saturated carbocycles. The van der Waals surface area contributed by atoms with E-state index < -0.39 is 0 Å². The lowest BCUT2D eigenvalue weighted by molar-refractivity contribution is -0.106. The molecule has 1 nitrogen and oxygen atoms in total. The highest BCUT2D eigenvalue weighted by Gasteiger charge is 1.58. The standard InChI is InChI=1S/C4H4S.C2H4O.C2H6.CH4/c1-2-4-5-3-1;1-2-3;1-2;/h1-4H;2H,1H3;1-2H3;1H4. The molecule has 0 amide bonds. The molecular weight excluding hydrogens is 156 g/mol. The zero-order valence-corrected chi connectivity index (χ0v) is 7.52. The predicted octanol–water partition coefficient (Wildman–Crippen LogP) is 3.62. The van der Waals surface area contributed by atoms with Gasteiger partial charge in [-0.1, -0.05) is 33.4 Å². The quantitative estimate of drug-likeness (QED) is 0.549. The monoisotopic (exact) mass is 174 g/mol. The Balaban J connectivity index is -0.0000000956. The average Bonchev–Trinajstić information content (AvgIpc) is 2.48. The Labute approximate surface area is 74.1 Å². The fourth-order valence-electron chi connectivity index (χ4n) is 0.227. The first-order valence-electron chi connectivity index (χ1n) is 3.28. The molecule has 66 valence electrons. The van der Waals surface area contributed by atoms with Crippen molar-refractivity contribution >= 4 is 17.6 Å². The third-order valence-electron chi connectivity index (χ3n) is 0.425. The van der Waals surface area contributed by atoms with Crippen LogP contribution in [0.25, 0.3) is 0 Å². The van der Waals surface area contributed by atoms with Crippen LogP contribution in [0.2, 0.25) is 0 Å². The number of carbonyl (C=O) groups excluding carboxylic acids is 1. The summed E-state index contributed by atoms with van der Waals surface area (Å²) in [6.45, 7) is 5.44. The zero-order chi connectivity index (χ0) is 8.24. The first-order valence-corrected chi connectivity index (χ1v) is 4.23. The van der Waals surface area contributed by atoms with Gasteiger partial charge in [-0.05, 0) is 17.7 Å². The van der Waals surface area contributed by atoms with Gasteiger partial charge in [0.05, 0.1) is 0 Å². The van der Waals surface area contributed by atoms with E-state index in [2.05, 4.69) is 0 Å². The maximum atomic E-state index is 8.81. The topological polar surface area (TPSA) is 17.1 Å². The Morgan fingerprint density at radius 3 is 1.55 bits per heavy atom. The van der Waals surface area contributed by atoms with E-state index in [-0.39, 0.29) is 7.43 Å². The summed E-state index contributed by atoms with van der Waals surface area (Å²) in [5.74, 6) is 0. The van der Waals surface area contributed by atoms with Gasteiger partial charge in [-0.2, -0.15) is 11.3 Å². The molecule has 0 aliphatic rings. The van der Waals surface area contributed by atoms with Crippen LogP contribution in [-0.2, 0) is 4.79 Å². The molecule has 0 aliphatic carbocycles. The molecule has 0 fully saturated rings. The average molecular weight is 174 g/mol. The van der Waals surface area contributed by atoms with E-state index in [1.807, 2.05) is 36.7 Å². The molecule has 0 aliphatic heterocycles. The van der Waals surface area contributed by atoms with E-state index in [0.29, 0.717) is 0 Å². The van der Waals surface area contributed by atoms with E-state index in [1.54, 1.807) is 11.3 Å². The number of carbonyl (C=O) groups is 1. The molecule has 0 saturated heterocycles. The molecule has 2 heteroatoms. The normalized spacial score (nSPS) is 5.36. The van der Waals surface area contributed by atoms with Crippen molar-refractivity contribution in [2.45, 2.75) is 28.2 Å². The SMILES string of the molecule is C.CC.CC=O.c1ccsc1. The van der Waals surface area contributed by atoms with Crippen LogP contribution >= 0.6 is 11.3 Å². The Hall–Kier alpha value is -0.630. The van der Waals surface area contributed by atoms with Gasteiger partial charge in [0.1, 0.15) is 6.29 Å². The highest BCUT2D eigenvalue weighted by molar-refractivity contribution is 7.07. The molecule has 0 N–H and O–H groups in total. The van der Waals surface area contributed by atoms with Gasteiger partial charge in [0.2, 0.25) is 0 Å². The molecule has 0 bridgehead atoms. The van der Waals surface area contributed by atoms with Crippen LogP contribution in [0.3, 0.4) is 0 Å². The van der Waals surface area contributed by atoms with E-state index in [1.165, 1.54) is 6.92 Å². The van der Waals surface area contributed by atoms with Gasteiger partial charge in [0.15, 0.2) is 0 Å². The lowest BCUT2D eigenvalue weighted by atomic mass is 10.7. The third kappa shape index (κ3) is 26.7. The van der Waals surface area contributed by atoms with Crippen molar-refractivity contribution in [1.29, 1.82) is 0 Å². The second kappa shape index (κ2) is 22.8. The Morgan fingerprint density at radius 1 is 1.18 bits per heavy atom. The van der Waals surface area contributed by atoms with Gasteiger partial charge >= 0.3 is 0 Å². The van der Waals surface area contributed by atoms with Crippen LogP contribution in [0.5, 0.6) is 0 Å². The van der Waals surface area contributed by atoms with Crippen molar-refractivity contribution in [2.24, 2.45) is 0 Å². The zero-order valence-electron chi connectivity index (χ0n) is 6.70. The Kier molecular flexibility index (Phi) is 34.7. The van der Waals surface area contributed by atoms with E-state index in [0.717, 1.165) is 6.29 Å². The van der Waals surface area contributed by atoms with Crippen LogP contribution in [-0.4, -0.2) is 6.29 Å². The second-order valence-electron chi connectivity index (χ2n) is 1.03. The fraction of sp³-hybridized carbons (Fsp3) is 0.444. The molecular formula is C9H18OS. The van der Waals surface area contributed by atoms with Gasteiger partial charge in [-0.25, -0.2) is 0 Å². The highest BCUT2D eigenvalue weighted by Crippen LogP contribution is 1.91. The van der Waals surface area contributed by atoms with Crippen molar-refractivity contribution in [1.82, 2.24) is 0 Å². The van der Waals surface area contributed by atoms with Crippen LogP contribution in [0.4, 0.5) is 0 Å². The summed E-state index contributed by atoms with van der Waals surface area (Å²) in [6, 6.07) is 4.04. The number of thiophene rings is 1. The Morgan fingerprint density at radius 2 is 1.45 bits per heavy atom. The number of hydrogen-bond acceptors (Lipinski definition) is 2. The molecule has 0 aromatic carbocycles. The number of rotatable bonds is 0. The van der Waals surface area contributed by atoms with Gasteiger partial charge in [-0.15, -0.1) is 0 Å². The van der Waals surface area contributed by atoms with Gasteiger partial charge in [0.25, 0.3) is 0 Å². The first kappa shape index (κ1) is 16.8. The molecule has 1 aromatic heterocycles. The molecule has 0 radical (unpaired) electrons. The van der Waals surface area contributed by atoms with Crippen LogP contribution < -0.4 is 0 Å². The molecule has 1 heterocycles. The van der Waals surface area contributed by atoms with Gasteiger partial charge in [-0.3, -0.25) is 0 Å². The summed E-state index contributed by atoms with van der Waals surface area (Å²) < 4.78 is 0. The number of hydrogen-bond donors (Lipinski definition) is 0. The minimum absolute atomic E-state index is 0. The maximum Gasteiger partial charge on any atom is 0.116 e. The molecule has 1 aromatic rings. The van der Waals surface area contributed by atoms with Crippen molar-refractivity contribution in [3.63, 3.8) is 0 Å². The van der Waals surface area contributed by atoms with Gasteiger partial charge < -0.3 is 4.79 Å². The van der Waals surface area contributed by atoms with E-state index in [9.17, 15) is 0 Å². The summed E-state index contributed by atoms with van der Waals surface area (Å²) in [7, 11) is 0. The Bertz CT molecular complexity index is 95.9. The molecule has 0 unspecified atom stereocenters. The minimum atomic E-state index is 0. The largest absolute Gasteiger partial charge is 0.304 e. The maximum absolute atomic E-state index is 8.81. The van der Waals surface area contributed by atoms with Crippen molar-refractivity contribution in [3.05, 3.63) is 22.9 Å². The fourth-order valence-corrected chi connectivity index (χ4v) is 0.680. The summed E-state index contributed by atoms with van der Waals surface area (Å²) in [5, 5.41) is 4.08. The summed E-state index contributed by atoms with van der Waals surface area (Å²) in [6.07, 6.45) is 0.750. The van der Waals surface area contributed by atoms with Crippen molar-refractivity contribution < 1.29 is 4.79 Å². The van der Waals surface area contributed by atoms with Gasteiger partial charge in [0, 0.05) is 0 Å². The molecule has 1 rings (SSSR count). The van der Waals surface area contributed by atoms with Crippen LogP contribution in [0, 0.1) is 0 Å². The summed E-state index contributed by atoms with van der Waals surface area (Å²) in [5.41, 5.74) is 0. The lowest BCUT2D eigenvalue weighted by Crippen LogP contribution is -1.36. The van der Waals surface area contributed by atoms with E-state index in [4.69, 9.17) is 4.79 Å². The van der Waals surface area contributed by atoms with E-state index >= 15 is 0 Å². The molecule has 0 atom stereocenters. The smallest absolute Gasteiger partial charge is 0.116 e. The predicted molar refractivity (Wildman–Crippen MR) is 54.1 cm³/mol. The summed E-state index contributed by atoms with van der Waals surface area (Å²) >= 11 is 1.71. The van der Waals surface area contributed by atoms with Crippen LogP contribution in [0.15, 0.2) is 22.9 Å². The minimum Gasteiger partial charge on any atom is -0.304 e. The molecule has 0 spiro atoms. The van der Waals surface area contributed by atoms with Crippen LogP contribution in [0.1, 0.15) is 28.2 Å². The highest BCUT2D eigenvalue weighted by atomic mass is 32.1. The number of aldehydes is 1.